The molecule has 0 radical (unpaired) electrons. The second-order valence-electron chi connectivity index (χ2n) is 5.83. The van der Waals surface area contributed by atoms with Crippen molar-refractivity contribution < 1.29 is 5.11 Å². The Morgan fingerprint density at radius 2 is 2.29 bits per heavy atom. The lowest BCUT2D eigenvalue weighted by Gasteiger charge is -2.27. The summed E-state index contributed by atoms with van der Waals surface area (Å²) in [5.74, 6) is 1.02. The van der Waals surface area contributed by atoms with Crippen molar-refractivity contribution in [3.05, 3.63) is 41.9 Å². The molecule has 0 aromatic carbocycles. The molecular formula is C16H22N4O. The molecule has 1 N–H and O–H groups in total. The van der Waals surface area contributed by atoms with Crippen molar-refractivity contribution in [1.29, 1.82) is 0 Å². The van der Waals surface area contributed by atoms with Gasteiger partial charge in [0.1, 0.15) is 5.82 Å². The van der Waals surface area contributed by atoms with Crippen molar-refractivity contribution in [3.8, 4) is 0 Å². The first kappa shape index (κ1) is 14.1. The Morgan fingerprint density at radius 1 is 1.43 bits per heavy atom. The maximum absolute atomic E-state index is 10.4. The number of aromatic nitrogens is 3. The quantitative estimate of drug-likeness (QED) is 0.936. The van der Waals surface area contributed by atoms with E-state index < -0.39 is 6.10 Å². The first-order chi connectivity index (χ1) is 10.1. The topological polar surface area (TPSA) is 54.2 Å². The Kier molecular flexibility index (Phi) is 3.92. The van der Waals surface area contributed by atoms with Crippen LogP contribution >= 0.6 is 0 Å². The second kappa shape index (κ2) is 5.85. The van der Waals surface area contributed by atoms with Crippen molar-refractivity contribution in [1.82, 2.24) is 14.8 Å². The fourth-order valence-corrected chi connectivity index (χ4v) is 3.08. The van der Waals surface area contributed by atoms with Crippen LogP contribution in [0.1, 0.15) is 36.6 Å². The fraction of sp³-hybridized carbons (Fsp3) is 0.500. The minimum atomic E-state index is -0.464. The molecule has 1 fully saturated rings. The number of anilines is 1. The number of nitrogens with zero attached hydrogens (tertiary/aromatic N) is 4. The van der Waals surface area contributed by atoms with Gasteiger partial charge in [-0.15, -0.1) is 0 Å². The highest BCUT2D eigenvalue weighted by Crippen LogP contribution is 2.30. The third-order valence-electron chi connectivity index (χ3n) is 4.15. The van der Waals surface area contributed by atoms with E-state index in [0.29, 0.717) is 6.04 Å². The van der Waals surface area contributed by atoms with E-state index in [1.165, 1.54) is 0 Å². The third kappa shape index (κ3) is 3.08. The molecule has 1 aliphatic rings. The number of pyridine rings is 1. The van der Waals surface area contributed by atoms with E-state index in [1.807, 2.05) is 32.3 Å². The summed E-state index contributed by atoms with van der Waals surface area (Å²) in [5.41, 5.74) is 1.92. The molecule has 0 bridgehead atoms. The SMILES string of the molecule is Cc1cccc(N2CCCC2CC(O)c2cnn(C)c2)n1. The van der Waals surface area contributed by atoms with E-state index in [4.69, 9.17) is 0 Å². The van der Waals surface area contributed by atoms with Crippen LogP contribution in [0.25, 0.3) is 0 Å². The summed E-state index contributed by atoms with van der Waals surface area (Å²) in [6.45, 7) is 3.03. The lowest BCUT2D eigenvalue weighted by Crippen LogP contribution is -2.31. The van der Waals surface area contributed by atoms with Crippen molar-refractivity contribution in [2.75, 3.05) is 11.4 Å². The second-order valence-corrected chi connectivity index (χ2v) is 5.83. The van der Waals surface area contributed by atoms with E-state index >= 15 is 0 Å². The van der Waals surface area contributed by atoms with Crippen molar-refractivity contribution in [2.45, 2.75) is 38.3 Å². The molecule has 0 spiro atoms. The summed E-state index contributed by atoms with van der Waals surface area (Å²) in [5, 5.41) is 14.5. The number of hydrogen-bond donors (Lipinski definition) is 1. The molecule has 5 heteroatoms. The predicted octanol–water partition coefficient (Wildman–Crippen LogP) is 2.22. The molecule has 1 saturated heterocycles. The maximum Gasteiger partial charge on any atom is 0.129 e. The fourth-order valence-electron chi connectivity index (χ4n) is 3.08. The maximum atomic E-state index is 10.4. The van der Waals surface area contributed by atoms with Gasteiger partial charge in [0.15, 0.2) is 0 Å². The molecule has 2 atom stereocenters. The molecule has 3 heterocycles. The van der Waals surface area contributed by atoms with Crippen LogP contribution in [-0.4, -0.2) is 32.5 Å². The Labute approximate surface area is 125 Å². The summed E-state index contributed by atoms with van der Waals surface area (Å²) in [6, 6.07) is 6.46. The molecule has 5 nitrogen and oxygen atoms in total. The van der Waals surface area contributed by atoms with Crippen LogP contribution in [0.4, 0.5) is 5.82 Å². The Bertz CT molecular complexity index is 610. The van der Waals surface area contributed by atoms with E-state index in [9.17, 15) is 5.11 Å². The highest BCUT2D eigenvalue weighted by atomic mass is 16.3. The highest BCUT2D eigenvalue weighted by Gasteiger charge is 2.28. The zero-order chi connectivity index (χ0) is 14.8. The molecule has 0 saturated carbocycles. The third-order valence-corrected chi connectivity index (χ3v) is 4.15. The first-order valence-corrected chi connectivity index (χ1v) is 7.50. The largest absolute Gasteiger partial charge is 0.388 e. The van der Waals surface area contributed by atoms with Crippen LogP contribution in [0.3, 0.4) is 0 Å². The average molecular weight is 286 g/mol. The van der Waals surface area contributed by atoms with Crippen LogP contribution in [-0.2, 0) is 7.05 Å². The lowest BCUT2D eigenvalue weighted by molar-refractivity contribution is 0.158. The number of aliphatic hydroxyl groups is 1. The number of hydrogen-bond acceptors (Lipinski definition) is 4. The molecule has 3 rings (SSSR count). The van der Waals surface area contributed by atoms with Crippen molar-refractivity contribution >= 4 is 5.82 Å². The van der Waals surface area contributed by atoms with Crippen LogP contribution < -0.4 is 4.90 Å². The van der Waals surface area contributed by atoms with Gasteiger partial charge in [0.05, 0.1) is 12.3 Å². The Balaban J connectivity index is 1.72. The summed E-state index contributed by atoms with van der Waals surface area (Å²) in [4.78, 5) is 6.94. The number of aryl methyl sites for hydroxylation is 2. The average Bonchev–Trinajstić information content (AvgIpc) is 3.08. The molecule has 1 aliphatic heterocycles. The Morgan fingerprint density at radius 3 is 3.00 bits per heavy atom. The van der Waals surface area contributed by atoms with Gasteiger partial charge in [-0.2, -0.15) is 5.10 Å². The van der Waals surface area contributed by atoms with Gasteiger partial charge in [-0.25, -0.2) is 4.98 Å². The van der Waals surface area contributed by atoms with Gasteiger partial charge in [-0.3, -0.25) is 4.68 Å². The predicted molar refractivity (Wildman–Crippen MR) is 82.1 cm³/mol. The van der Waals surface area contributed by atoms with Crippen LogP contribution in [0.2, 0.25) is 0 Å². The zero-order valence-electron chi connectivity index (χ0n) is 12.6. The normalized spacial score (nSPS) is 20.0. The van der Waals surface area contributed by atoms with Crippen LogP contribution in [0, 0.1) is 6.92 Å². The number of rotatable bonds is 4. The van der Waals surface area contributed by atoms with Gasteiger partial charge in [0, 0.05) is 37.1 Å². The molecule has 0 aliphatic carbocycles. The van der Waals surface area contributed by atoms with Gasteiger partial charge >= 0.3 is 0 Å². The summed E-state index contributed by atoms with van der Waals surface area (Å²) in [6.07, 6.45) is 6.15. The van der Waals surface area contributed by atoms with Gasteiger partial charge in [0.25, 0.3) is 0 Å². The monoisotopic (exact) mass is 286 g/mol. The lowest BCUT2D eigenvalue weighted by atomic mass is 10.0. The van der Waals surface area contributed by atoms with Crippen LogP contribution in [0.5, 0.6) is 0 Å². The molecule has 2 unspecified atom stereocenters. The smallest absolute Gasteiger partial charge is 0.129 e. The molecule has 2 aromatic heterocycles. The Hall–Kier alpha value is -1.88. The van der Waals surface area contributed by atoms with Crippen molar-refractivity contribution in [3.63, 3.8) is 0 Å². The molecule has 0 amide bonds. The van der Waals surface area contributed by atoms with Gasteiger partial charge in [-0.1, -0.05) is 6.07 Å². The first-order valence-electron chi connectivity index (χ1n) is 7.50. The van der Waals surface area contributed by atoms with Gasteiger partial charge in [0.2, 0.25) is 0 Å². The van der Waals surface area contributed by atoms with E-state index in [-0.39, 0.29) is 0 Å². The zero-order valence-corrected chi connectivity index (χ0v) is 12.6. The molecule has 112 valence electrons. The van der Waals surface area contributed by atoms with Crippen LogP contribution in [0.15, 0.2) is 30.6 Å². The minimum absolute atomic E-state index is 0.342. The summed E-state index contributed by atoms with van der Waals surface area (Å²) in [7, 11) is 1.87. The highest BCUT2D eigenvalue weighted by molar-refractivity contribution is 5.41. The standard InChI is InChI=1S/C16H22N4O/c1-12-5-3-7-16(18-12)20-8-4-6-14(20)9-15(21)13-10-17-19(2)11-13/h3,5,7,10-11,14-15,21H,4,6,8-9H2,1-2H3. The molecule has 21 heavy (non-hydrogen) atoms. The van der Waals surface area contributed by atoms with E-state index in [0.717, 1.165) is 42.9 Å². The minimum Gasteiger partial charge on any atom is -0.388 e. The van der Waals surface area contributed by atoms with E-state index in [2.05, 4.69) is 21.0 Å². The van der Waals surface area contributed by atoms with Gasteiger partial charge < -0.3 is 10.0 Å². The summed E-state index contributed by atoms with van der Waals surface area (Å²) < 4.78 is 1.73. The number of aliphatic hydroxyl groups excluding tert-OH is 1. The van der Waals surface area contributed by atoms with Gasteiger partial charge in [-0.05, 0) is 38.3 Å². The van der Waals surface area contributed by atoms with Crippen molar-refractivity contribution in [2.24, 2.45) is 7.05 Å². The molecule has 2 aromatic rings. The molecular weight excluding hydrogens is 264 g/mol. The van der Waals surface area contributed by atoms with E-state index in [1.54, 1.807) is 10.9 Å². The summed E-state index contributed by atoms with van der Waals surface area (Å²) >= 11 is 0.